The number of hydrogen-bond donors (Lipinski definition) is 0. The van der Waals surface area contributed by atoms with Gasteiger partial charge in [-0.05, 0) is 30.7 Å². The van der Waals surface area contributed by atoms with Gasteiger partial charge in [0.1, 0.15) is 0 Å². The molecule has 0 spiro atoms. The van der Waals surface area contributed by atoms with Gasteiger partial charge in [-0.3, -0.25) is 9.78 Å². The Bertz CT molecular complexity index is 928. The third-order valence-corrected chi connectivity index (χ3v) is 4.23. The molecule has 3 aromatic rings. The summed E-state index contributed by atoms with van der Waals surface area (Å²) in [5.74, 6) is 0. The summed E-state index contributed by atoms with van der Waals surface area (Å²) in [6.07, 6.45) is 1.37. The van der Waals surface area contributed by atoms with Crippen LogP contribution in [-0.4, -0.2) is 29.1 Å². The second kappa shape index (κ2) is 6.19. The van der Waals surface area contributed by atoms with Gasteiger partial charge in [0.05, 0.1) is 31.0 Å². The monoisotopic (exact) mass is 322 g/mol. The van der Waals surface area contributed by atoms with Crippen LogP contribution in [0.4, 0.5) is 0 Å². The fraction of sp³-hybridized carbons (Fsp3) is 0.263. The number of pyridine rings is 2. The van der Waals surface area contributed by atoms with Gasteiger partial charge in [0.2, 0.25) is 0 Å². The molecule has 1 aliphatic heterocycles. The van der Waals surface area contributed by atoms with Gasteiger partial charge in [0.25, 0.3) is 5.56 Å². The number of aromatic nitrogens is 2. The van der Waals surface area contributed by atoms with Crippen LogP contribution in [0.1, 0.15) is 5.56 Å². The van der Waals surface area contributed by atoms with Crippen molar-refractivity contribution in [3.05, 3.63) is 64.6 Å². The molecular weight excluding hydrogens is 304 g/mol. The van der Waals surface area contributed by atoms with E-state index in [1.54, 1.807) is 16.8 Å². The Hall–Kier alpha value is -2.50. The number of rotatable bonds is 3. The average molecular weight is 322 g/mol. The Balaban J connectivity index is 1.93. The number of hydrogen-bond acceptors (Lipinski definition) is 4. The van der Waals surface area contributed by atoms with Crippen LogP contribution >= 0.6 is 0 Å². The molecular formula is C19H18N2O3. The van der Waals surface area contributed by atoms with E-state index in [4.69, 9.17) is 9.47 Å². The molecule has 5 nitrogen and oxygen atoms in total. The Morgan fingerprint density at radius 2 is 2.00 bits per heavy atom. The predicted octanol–water partition coefficient (Wildman–Crippen LogP) is 2.74. The number of ether oxygens (including phenoxy) is 2. The maximum atomic E-state index is 12.8. The Morgan fingerprint density at radius 1 is 1.17 bits per heavy atom. The van der Waals surface area contributed by atoms with E-state index in [0.29, 0.717) is 19.8 Å². The van der Waals surface area contributed by atoms with Crippen LogP contribution in [0, 0.1) is 6.92 Å². The van der Waals surface area contributed by atoms with E-state index in [-0.39, 0.29) is 11.8 Å². The summed E-state index contributed by atoms with van der Waals surface area (Å²) in [6.45, 7) is 3.55. The Labute approximate surface area is 139 Å². The first-order valence-corrected chi connectivity index (χ1v) is 8.01. The quantitative estimate of drug-likeness (QED) is 0.744. The SMILES string of the molecule is Cc1ccc2c(-c3ccccn3)cc(=O)n(CC3OCCO3)c2c1. The third-order valence-electron chi connectivity index (χ3n) is 4.23. The molecule has 5 heteroatoms. The topological polar surface area (TPSA) is 53.4 Å². The molecule has 2 aromatic heterocycles. The molecule has 24 heavy (non-hydrogen) atoms. The maximum Gasteiger partial charge on any atom is 0.251 e. The maximum absolute atomic E-state index is 12.8. The zero-order chi connectivity index (χ0) is 16.5. The van der Waals surface area contributed by atoms with E-state index in [2.05, 4.69) is 4.98 Å². The van der Waals surface area contributed by atoms with Crippen LogP contribution in [0.2, 0.25) is 0 Å². The second-order valence-corrected chi connectivity index (χ2v) is 5.91. The van der Waals surface area contributed by atoms with E-state index in [1.165, 1.54) is 0 Å². The number of benzene rings is 1. The van der Waals surface area contributed by atoms with Gasteiger partial charge in [-0.15, -0.1) is 0 Å². The van der Waals surface area contributed by atoms with Crippen molar-refractivity contribution in [2.24, 2.45) is 0 Å². The van der Waals surface area contributed by atoms with Crippen LogP contribution in [-0.2, 0) is 16.0 Å². The zero-order valence-corrected chi connectivity index (χ0v) is 13.4. The van der Waals surface area contributed by atoms with E-state index < -0.39 is 0 Å². The van der Waals surface area contributed by atoms with Gasteiger partial charge in [0.15, 0.2) is 6.29 Å². The van der Waals surface area contributed by atoms with Crippen molar-refractivity contribution in [1.29, 1.82) is 0 Å². The van der Waals surface area contributed by atoms with E-state index in [0.717, 1.165) is 27.7 Å². The molecule has 4 rings (SSSR count). The molecule has 1 aliphatic rings. The van der Waals surface area contributed by atoms with E-state index >= 15 is 0 Å². The van der Waals surface area contributed by atoms with Crippen LogP contribution < -0.4 is 5.56 Å². The van der Waals surface area contributed by atoms with Crippen molar-refractivity contribution >= 4 is 10.9 Å². The molecule has 0 amide bonds. The minimum absolute atomic E-state index is 0.0761. The molecule has 122 valence electrons. The summed E-state index contributed by atoms with van der Waals surface area (Å²) in [5.41, 5.74) is 3.54. The van der Waals surface area contributed by atoms with Crippen molar-refractivity contribution in [2.75, 3.05) is 13.2 Å². The molecule has 0 atom stereocenters. The molecule has 0 saturated carbocycles. The minimum atomic E-state index is -0.368. The molecule has 0 bridgehead atoms. The molecule has 0 radical (unpaired) electrons. The lowest BCUT2D eigenvalue weighted by atomic mass is 10.0. The Kier molecular flexibility index (Phi) is 3.88. The Morgan fingerprint density at radius 3 is 2.75 bits per heavy atom. The molecule has 1 aromatic carbocycles. The fourth-order valence-corrected chi connectivity index (χ4v) is 3.07. The largest absolute Gasteiger partial charge is 0.348 e. The second-order valence-electron chi connectivity index (χ2n) is 5.91. The van der Waals surface area contributed by atoms with Gasteiger partial charge >= 0.3 is 0 Å². The molecule has 1 fully saturated rings. The van der Waals surface area contributed by atoms with E-state index in [9.17, 15) is 4.79 Å². The van der Waals surface area contributed by atoms with Gasteiger partial charge in [0, 0.05) is 23.2 Å². The van der Waals surface area contributed by atoms with Crippen molar-refractivity contribution in [3.63, 3.8) is 0 Å². The predicted molar refractivity (Wildman–Crippen MR) is 91.9 cm³/mol. The van der Waals surface area contributed by atoms with Crippen LogP contribution in [0.3, 0.4) is 0 Å². The molecule has 0 aliphatic carbocycles. The standard InChI is InChI=1S/C19H18N2O3/c1-13-5-6-14-15(16-4-2-3-7-20-16)11-18(22)21(17(14)10-13)12-19-23-8-9-24-19/h2-7,10-11,19H,8-9,12H2,1H3. The van der Waals surface area contributed by atoms with Crippen molar-refractivity contribution < 1.29 is 9.47 Å². The first-order chi connectivity index (χ1) is 11.7. The summed E-state index contributed by atoms with van der Waals surface area (Å²) in [4.78, 5) is 17.1. The highest BCUT2D eigenvalue weighted by molar-refractivity contribution is 5.94. The first-order valence-electron chi connectivity index (χ1n) is 8.01. The lowest BCUT2D eigenvalue weighted by Crippen LogP contribution is -2.27. The van der Waals surface area contributed by atoms with Gasteiger partial charge in [-0.2, -0.15) is 0 Å². The summed E-state index contributed by atoms with van der Waals surface area (Å²) >= 11 is 0. The molecule has 1 saturated heterocycles. The lowest BCUT2D eigenvalue weighted by Gasteiger charge is -2.16. The zero-order valence-electron chi connectivity index (χ0n) is 13.4. The molecule has 3 heterocycles. The first kappa shape index (κ1) is 15.1. The number of aryl methyl sites for hydroxylation is 1. The normalized spacial score (nSPS) is 15.2. The van der Waals surface area contributed by atoms with Crippen LogP contribution in [0.25, 0.3) is 22.2 Å². The number of nitrogens with zero attached hydrogens (tertiary/aromatic N) is 2. The van der Waals surface area contributed by atoms with Crippen LogP contribution in [0.15, 0.2) is 53.5 Å². The lowest BCUT2D eigenvalue weighted by molar-refractivity contribution is -0.0522. The molecule has 0 N–H and O–H groups in total. The summed E-state index contributed by atoms with van der Waals surface area (Å²) < 4.78 is 12.8. The number of fused-ring (bicyclic) bond motifs is 1. The van der Waals surface area contributed by atoms with Gasteiger partial charge in [-0.1, -0.05) is 18.2 Å². The highest BCUT2D eigenvalue weighted by Crippen LogP contribution is 2.27. The fourth-order valence-electron chi connectivity index (χ4n) is 3.07. The van der Waals surface area contributed by atoms with Crippen molar-refractivity contribution in [1.82, 2.24) is 9.55 Å². The third kappa shape index (κ3) is 2.72. The van der Waals surface area contributed by atoms with Crippen molar-refractivity contribution in [2.45, 2.75) is 19.8 Å². The van der Waals surface area contributed by atoms with Gasteiger partial charge in [-0.25, -0.2) is 0 Å². The summed E-state index contributed by atoms with van der Waals surface area (Å²) in [6, 6.07) is 13.5. The minimum Gasteiger partial charge on any atom is -0.348 e. The highest BCUT2D eigenvalue weighted by Gasteiger charge is 2.19. The van der Waals surface area contributed by atoms with E-state index in [1.807, 2.05) is 43.3 Å². The van der Waals surface area contributed by atoms with Crippen LogP contribution in [0.5, 0.6) is 0 Å². The summed E-state index contributed by atoms with van der Waals surface area (Å²) in [5, 5.41) is 0.997. The molecule has 0 unspecified atom stereocenters. The summed E-state index contributed by atoms with van der Waals surface area (Å²) in [7, 11) is 0. The van der Waals surface area contributed by atoms with Crippen molar-refractivity contribution in [3.8, 4) is 11.3 Å². The van der Waals surface area contributed by atoms with Gasteiger partial charge < -0.3 is 14.0 Å². The highest BCUT2D eigenvalue weighted by atomic mass is 16.7. The average Bonchev–Trinajstić information content (AvgIpc) is 3.11. The smallest absolute Gasteiger partial charge is 0.251 e.